The SMILES string of the molecule is COc1ncccc1CN(C(=O)OC(C)(C)C)c1ncc(C=O)cn1. The molecule has 0 unspecified atom stereocenters. The number of ether oxygens (including phenoxy) is 2. The summed E-state index contributed by atoms with van der Waals surface area (Å²) in [5.41, 5.74) is 0.294. The number of aldehydes is 1. The van der Waals surface area contributed by atoms with Crippen molar-refractivity contribution in [1.82, 2.24) is 15.0 Å². The summed E-state index contributed by atoms with van der Waals surface area (Å²) in [6.45, 7) is 5.41. The summed E-state index contributed by atoms with van der Waals surface area (Å²) >= 11 is 0. The highest BCUT2D eigenvalue weighted by molar-refractivity contribution is 5.86. The summed E-state index contributed by atoms with van der Waals surface area (Å²) in [6.07, 6.45) is 4.29. The maximum Gasteiger partial charge on any atom is 0.417 e. The van der Waals surface area contributed by atoms with Crippen molar-refractivity contribution >= 4 is 18.3 Å². The Hall–Kier alpha value is -3.03. The van der Waals surface area contributed by atoms with E-state index in [0.717, 1.165) is 0 Å². The van der Waals surface area contributed by atoms with E-state index in [9.17, 15) is 9.59 Å². The first-order valence-corrected chi connectivity index (χ1v) is 7.59. The predicted octanol–water partition coefficient (Wildman–Crippen LogP) is 2.63. The molecule has 8 heteroatoms. The van der Waals surface area contributed by atoms with Gasteiger partial charge in [-0.15, -0.1) is 0 Å². The summed E-state index contributed by atoms with van der Waals surface area (Å²) in [5, 5.41) is 0. The Balaban J connectivity index is 2.37. The normalized spacial score (nSPS) is 10.9. The number of carbonyl (C=O) groups is 2. The van der Waals surface area contributed by atoms with Gasteiger partial charge in [0.1, 0.15) is 5.60 Å². The molecular formula is C17H20N4O4. The van der Waals surface area contributed by atoms with E-state index >= 15 is 0 Å². The van der Waals surface area contributed by atoms with Crippen LogP contribution < -0.4 is 9.64 Å². The van der Waals surface area contributed by atoms with E-state index in [1.165, 1.54) is 24.4 Å². The van der Waals surface area contributed by atoms with Gasteiger partial charge in [-0.1, -0.05) is 6.07 Å². The van der Waals surface area contributed by atoms with Crippen LogP contribution in [0.5, 0.6) is 5.88 Å². The Morgan fingerprint density at radius 2 is 1.92 bits per heavy atom. The molecule has 0 N–H and O–H groups in total. The van der Waals surface area contributed by atoms with Crippen molar-refractivity contribution in [1.29, 1.82) is 0 Å². The third kappa shape index (κ3) is 4.97. The van der Waals surface area contributed by atoms with Crippen LogP contribution in [-0.4, -0.2) is 40.0 Å². The minimum absolute atomic E-state index is 0.104. The molecule has 8 nitrogen and oxygen atoms in total. The van der Waals surface area contributed by atoms with E-state index in [-0.39, 0.29) is 12.5 Å². The van der Waals surface area contributed by atoms with Gasteiger partial charge >= 0.3 is 6.09 Å². The number of hydrogen-bond acceptors (Lipinski definition) is 7. The molecule has 0 aliphatic carbocycles. The summed E-state index contributed by atoms with van der Waals surface area (Å²) in [6, 6.07) is 3.52. The highest BCUT2D eigenvalue weighted by Gasteiger charge is 2.26. The lowest BCUT2D eigenvalue weighted by atomic mass is 10.2. The zero-order valence-electron chi connectivity index (χ0n) is 14.6. The Morgan fingerprint density at radius 1 is 1.24 bits per heavy atom. The van der Waals surface area contributed by atoms with Gasteiger partial charge in [0, 0.05) is 24.2 Å². The van der Waals surface area contributed by atoms with Crippen LogP contribution in [0.1, 0.15) is 36.7 Å². The first-order valence-electron chi connectivity index (χ1n) is 7.59. The van der Waals surface area contributed by atoms with Crippen LogP contribution >= 0.6 is 0 Å². The topological polar surface area (TPSA) is 94.5 Å². The van der Waals surface area contributed by atoms with Gasteiger partial charge in [-0.25, -0.2) is 24.6 Å². The molecule has 2 aromatic heterocycles. The second-order valence-electron chi connectivity index (χ2n) is 6.17. The highest BCUT2D eigenvalue weighted by Crippen LogP contribution is 2.21. The zero-order chi connectivity index (χ0) is 18.4. The van der Waals surface area contributed by atoms with E-state index in [1.807, 2.05) is 0 Å². The fraction of sp³-hybridized carbons (Fsp3) is 0.353. The van der Waals surface area contributed by atoms with Gasteiger partial charge in [0.25, 0.3) is 0 Å². The summed E-state index contributed by atoms with van der Waals surface area (Å²) in [7, 11) is 1.50. The zero-order valence-corrected chi connectivity index (χ0v) is 14.6. The van der Waals surface area contributed by atoms with Gasteiger partial charge in [0.2, 0.25) is 11.8 Å². The number of nitrogens with zero attached hydrogens (tertiary/aromatic N) is 4. The van der Waals surface area contributed by atoms with Gasteiger partial charge in [-0.05, 0) is 26.8 Å². The van der Waals surface area contributed by atoms with Gasteiger partial charge in [-0.3, -0.25) is 4.79 Å². The monoisotopic (exact) mass is 344 g/mol. The second-order valence-corrected chi connectivity index (χ2v) is 6.17. The number of anilines is 1. The first kappa shape index (κ1) is 18.3. The number of hydrogen-bond donors (Lipinski definition) is 0. The fourth-order valence-corrected chi connectivity index (χ4v) is 1.96. The smallest absolute Gasteiger partial charge is 0.417 e. The van der Waals surface area contributed by atoms with Crippen LogP contribution in [-0.2, 0) is 11.3 Å². The molecule has 0 atom stereocenters. The molecule has 0 spiro atoms. The second kappa shape index (κ2) is 7.69. The van der Waals surface area contributed by atoms with Crippen LogP contribution in [0, 0.1) is 0 Å². The van der Waals surface area contributed by atoms with Crippen LogP contribution in [0.15, 0.2) is 30.7 Å². The average Bonchev–Trinajstić information content (AvgIpc) is 2.58. The first-order chi connectivity index (χ1) is 11.8. The minimum atomic E-state index is -0.683. The van der Waals surface area contributed by atoms with Crippen molar-refractivity contribution < 1.29 is 19.1 Å². The van der Waals surface area contributed by atoms with Crippen LogP contribution in [0.3, 0.4) is 0 Å². The Labute approximate surface area is 145 Å². The van der Waals surface area contributed by atoms with E-state index in [1.54, 1.807) is 39.1 Å². The molecule has 0 aromatic carbocycles. The van der Waals surface area contributed by atoms with Crippen LogP contribution in [0.25, 0.3) is 0 Å². The molecule has 25 heavy (non-hydrogen) atoms. The maximum atomic E-state index is 12.6. The molecule has 0 bridgehead atoms. The molecule has 1 amide bonds. The molecule has 2 rings (SSSR count). The number of rotatable bonds is 5. The lowest BCUT2D eigenvalue weighted by molar-refractivity contribution is 0.0574. The number of carbonyl (C=O) groups excluding carboxylic acids is 2. The van der Waals surface area contributed by atoms with E-state index < -0.39 is 11.7 Å². The molecule has 2 heterocycles. The van der Waals surface area contributed by atoms with Gasteiger partial charge in [-0.2, -0.15) is 0 Å². The quantitative estimate of drug-likeness (QED) is 0.769. The largest absolute Gasteiger partial charge is 0.481 e. The number of methoxy groups -OCH3 is 1. The molecule has 0 fully saturated rings. The Kier molecular flexibility index (Phi) is 5.63. The van der Waals surface area contributed by atoms with Gasteiger partial charge in [0.15, 0.2) is 6.29 Å². The highest BCUT2D eigenvalue weighted by atomic mass is 16.6. The Bertz CT molecular complexity index is 741. The predicted molar refractivity (Wildman–Crippen MR) is 90.6 cm³/mol. The lowest BCUT2D eigenvalue weighted by Crippen LogP contribution is -2.37. The van der Waals surface area contributed by atoms with Crippen molar-refractivity contribution in [3.63, 3.8) is 0 Å². The summed E-state index contributed by atoms with van der Waals surface area (Å²) in [4.78, 5) is 36.9. The van der Waals surface area contributed by atoms with Crippen LogP contribution in [0.4, 0.5) is 10.7 Å². The molecule has 2 aromatic rings. The molecular weight excluding hydrogens is 324 g/mol. The Morgan fingerprint density at radius 3 is 2.48 bits per heavy atom. The fourth-order valence-electron chi connectivity index (χ4n) is 1.96. The standard InChI is InChI=1S/C17H20N4O4/c1-17(2,3)25-16(23)21(15-19-8-12(11-22)9-20-15)10-13-6-5-7-18-14(13)24-4/h5-9,11H,10H2,1-4H3. The molecule has 0 saturated carbocycles. The molecule has 0 radical (unpaired) electrons. The number of amides is 1. The minimum Gasteiger partial charge on any atom is -0.481 e. The molecule has 0 aliphatic heterocycles. The number of aromatic nitrogens is 3. The van der Waals surface area contributed by atoms with E-state index in [0.29, 0.717) is 23.3 Å². The molecule has 0 saturated heterocycles. The van der Waals surface area contributed by atoms with Gasteiger partial charge < -0.3 is 9.47 Å². The average molecular weight is 344 g/mol. The van der Waals surface area contributed by atoms with Crippen molar-refractivity contribution in [3.05, 3.63) is 41.9 Å². The van der Waals surface area contributed by atoms with Crippen molar-refractivity contribution in [2.75, 3.05) is 12.0 Å². The molecule has 0 aliphatic rings. The van der Waals surface area contributed by atoms with Crippen molar-refractivity contribution in [3.8, 4) is 5.88 Å². The maximum absolute atomic E-state index is 12.6. The summed E-state index contributed by atoms with van der Waals surface area (Å²) in [5.74, 6) is 0.506. The summed E-state index contributed by atoms with van der Waals surface area (Å²) < 4.78 is 10.7. The number of pyridine rings is 1. The lowest BCUT2D eigenvalue weighted by Gasteiger charge is -2.26. The van der Waals surface area contributed by atoms with Crippen LogP contribution in [0.2, 0.25) is 0 Å². The van der Waals surface area contributed by atoms with E-state index in [4.69, 9.17) is 9.47 Å². The van der Waals surface area contributed by atoms with Crippen molar-refractivity contribution in [2.45, 2.75) is 32.9 Å². The third-order valence-electron chi connectivity index (χ3n) is 3.02. The third-order valence-corrected chi connectivity index (χ3v) is 3.02. The molecule has 132 valence electrons. The van der Waals surface area contributed by atoms with Crippen molar-refractivity contribution in [2.24, 2.45) is 0 Å². The van der Waals surface area contributed by atoms with E-state index in [2.05, 4.69) is 15.0 Å². The van der Waals surface area contributed by atoms with Gasteiger partial charge in [0.05, 0.1) is 19.2 Å².